The van der Waals surface area contributed by atoms with Crippen LogP contribution in [0, 0.1) is 0 Å². The Hall–Kier alpha value is -3.35. The average Bonchev–Trinajstić information content (AvgIpc) is 2.62. The highest BCUT2D eigenvalue weighted by atomic mass is 16.6. The Bertz CT molecular complexity index is 730. The van der Waals surface area contributed by atoms with Crippen LogP contribution in [-0.4, -0.2) is 41.8 Å². The van der Waals surface area contributed by atoms with E-state index in [-0.39, 0.29) is 18.9 Å². The van der Waals surface area contributed by atoms with Gasteiger partial charge in [-0.1, -0.05) is 30.3 Å². The Morgan fingerprint density at radius 2 is 1.84 bits per heavy atom. The molecule has 0 aromatic heterocycles. The smallest absolute Gasteiger partial charge is 0.410 e. The number of phenols is 1. The van der Waals surface area contributed by atoms with Crippen molar-refractivity contribution in [2.24, 2.45) is 5.10 Å². The normalized spacial score (nSPS) is 10.4. The number of amides is 2. The van der Waals surface area contributed by atoms with Gasteiger partial charge in [0.2, 0.25) is 0 Å². The molecule has 0 aliphatic heterocycles. The number of ether oxygens (including phenoxy) is 1. The van der Waals surface area contributed by atoms with E-state index >= 15 is 0 Å². The van der Waals surface area contributed by atoms with Gasteiger partial charge in [0, 0.05) is 7.05 Å². The van der Waals surface area contributed by atoms with Crippen LogP contribution in [0.3, 0.4) is 0 Å². The molecule has 0 radical (unpaired) electrons. The van der Waals surface area contributed by atoms with Crippen molar-refractivity contribution in [2.75, 3.05) is 13.6 Å². The summed E-state index contributed by atoms with van der Waals surface area (Å²) in [5.41, 5.74) is 3.91. The molecule has 0 unspecified atom stereocenters. The van der Waals surface area contributed by atoms with Crippen LogP contribution >= 0.6 is 0 Å². The highest BCUT2D eigenvalue weighted by Gasteiger charge is 2.13. The van der Waals surface area contributed by atoms with Gasteiger partial charge >= 0.3 is 6.09 Å². The minimum atomic E-state index is -0.596. The fourth-order valence-corrected chi connectivity index (χ4v) is 1.88. The molecule has 0 heterocycles. The Balaban J connectivity index is 1.73. The van der Waals surface area contributed by atoms with E-state index in [4.69, 9.17) is 4.74 Å². The lowest BCUT2D eigenvalue weighted by atomic mass is 10.2. The predicted molar refractivity (Wildman–Crippen MR) is 93.1 cm³/mol. The number of aromatic hydroxyl groups is 1. The molecule has 2 N–H and O–H groups in total. The lowest BCUT2D eigenvalue weighted by Gasteiger charge is -2.15. The molecule has 2 aromatic carbocycles. The van der Waals surface area contributed by atoms with Crippen molar-refractivity contribution in [3.8, 4) is 5.75 Å². The Morgan fingerprint density at radius 1 is 1.16 bits per heavy atom. The summed E-state index contributed by atoms with van der Waals surface area (Å²) in [6.07, 6.45) is 0.840. The maximum atomic E-state index is 11.8. The number of carbonyl (C=O) groups is 2. The van der Waals surface area contributed by atoms with Gasteiger partial charge in [-0.05, 0) is 35.4 Å². The van der Waals surface area contributed by atoms with Crippen LogP contribution in [0.2, 0.25) is 0 Å². The fourth-order valence-electron chi connectivity index (χ4n) is 1.88. The zero-order chi connectivity index (χ0) is 18.1. The SMILES string of the molecule is CN(CC(=O)N/N=C\c1ccc(O)cc1)C(=O)OCc1ccccc1. The number of hydrazone groups is 1. The van der Waals surface area contributed by atoms with Gasteiger partial charge in [-0.3, -0.25) is 4.79 Å². The number of nitrogens with one attached hydrogen (secondary N) is 1. The van der Waals surface area contributed by atoms with E-state index in [1.807, 2.05) is 30.3 Å². The minimum absolute atomic E-state index is 0.143. The van der Waals surface area contributed by atoms with Crippen molar-refractivity contribution in [3.05, 3.63) is 65.7 Å². The maximum absolute atomic E-state index is 11.8. The molecule has 2 rings (SSSR count). The molecule has 7 nitrogen and oxygen atoms in total. The van der Waals surface area contributed by atoms with Gasteiger partial charge in [-0.2, -0.15) is 5.10 Å². The van der Waals surface area contributed by atoms with Gasteiger partial charge in [0.25, 0.3) is 5.91 Å². The van der Waals surface area contributed by atoms with Crippen LogP contribution < -0.4 is 5.43 Å². The third-order valence-electron chi connectivity index (χ3n) is 3.19. The lowest BCUT2D eigenvalue weighted by Crippen LogP contribution is -2.36. The molecule has 0 bridgehead atoms. The molecule has 0 spiro atoms. The first kappa shape index (κ1) is 18.0. The third kappa shape index (κ3) is 6.34. The number of rotatable bonds is 6. The Kier molecular flexibility index (Phi) is 6.53. The molecule has 130 valence electrons. The van der Waals surface area contributed by atoms with Crippen LogP contribution in [0.4, 0.5) is 4.79 Å². The first-order chi connectivity index (χ1) is 12.0. The van der Waals surface area contributed by atoms with Crippen LogP contribution in [0.25, 0.3) is 0 Å². The van der Waals surface area contributed by atoms with Gasteiger partial charge < -0.3 is 14.7 Å². The van der Waals surface area contributed by atoms with Crippen molar-refractivity contribution in [1.29, 1.82) is 0 Å². The van der Waals surface area contributed by atoms with Crippen molar-refractivity contribution < 1.29 is 19.4 Å². The first-order valence-electron chi connectivity index (χ1n) is 7.57. The number of phenolic OH excluding ortho intramolecular Hbond substituents is 1. The van der Waals surface area contributed by atoms with Crippen LogP contribution in [-0.2, 0) is 16.1 Å². The molecule has 0 aliphatic carbocycles. The topological polar surface area (TPSA) is 91.2 Å². The number of carbonyl (C=O) groups excluding carboxylic acids is 2. The number of benzene rings is 2. The Morgan fingerprint density at radius 3 is 2.52 bits per heavy atom. The zero-order valence-electron chi connectivity index (χ0n) is 13.8. The second kappa shape index (κ2) is 9.07. The van der Waals surface area contributed by atoms with E-state index in [2.05, 4.69) is 10.5 Å². The number of hydrogen-bond donors (Lipinski definition) is 2. The molecule has 2 amide bonds. The van der Waals surface area contributed by atoms with Crippen LogP contribution in [0.1, 0.15) is 11.1 Å². The minimum Gasteiger partial charge on any atom is -0.508 e. The summed E-state index contributed by atoms with van der Waals surface area (Å²) in [6, 6.07) is 15.6. The monoisotopic (exact) mass is 341 g/mol. The standard InChI is InChI=1S/C18H19N3O4/c1-21(18(24)25-13-15-5-3-2-4-6-15)12-17(23)20-19-11-14-7-9-16(22)10-8-14/h2-11,22H,12-13H2,1H3,(H,20,23)/b19-11-. The first-order valence-corrected chi connectivity index (χ1v) is 7.57. The van der Waals surface area contributed by atoms with Crippen molar-refractivity contribution in [1.82, 2.24) is 10.3 Å². The van der Waals surface area contributed by atoms with Gasteiger partial charge in [-0.15, -0.1) is 0 Å². The molecule has 0 fully saturated rings. The number of likely N-dealkylation sites (N-methyl/N-ethyl adjacent to an activating group) is 1. The molecular weight excluding hydrogens is 322 g/mol. The zero-order valence-corrected chi connectivity index (χ0v) is 13.8. The summed E-state index contributed by atoms with van der Waals surface area (Å²) >= 11 is 0. The number of nitrogens with zero attached hydrogens (tertiary/aromatic N) is 2. The van der Waals surface area contributed by atoms with E-state index in [1.54, 1.807) is 12.1 Å². The summed E-state index contributed by atoms with van der Waals surface area (Å²) in [4.78, 5) is 24.8. The van der Waals surface area contributed by atoms with Crippen molar-refractivity contribution in [3.63, 3.8) is 0 Å². The van der Waals surface area contributed by atoms with Gasteiger partial charge in [-0.25, -0.2) is 10.2 Å². The molecule has 0 aliphatic rings. The van der Waals surface area contributed by atoms with Crippen LogP contribution in [0.5, 0.6) is 5.75 Å². The highest BCUT2D eigenvalue weighted by Crippen LogP contribution is 2.07. The molecular formula is C18H19N3O4. The molecule has 0 atom stereocenters. The van der Waals surface area contributed by atoms with E-state index in [9.17, 15) is 14.7 Å². The summed E-state index contributed by atoms with van der Waals surface area (Å²) in [5.74, 6) is -0.300. The lowest BCUT2D eigenvalue weighted by molar-refractivity contribution is -0.121. The molecule has 7 heteroatoms. The fraction of sp³-hybridized carbons (Fsp3) is 0.167. The molecule has 25 heavy (non-hydrogen) atoms. The molecule has 2 aromatic rings. The van der Waals surface area contributed by atoms with E-state index in [1.165, 1.54) is 25.4 Å². The largest absolute Gasteiger partial charge is 0.508 e. The maximum Gasteiger partial charge on any atom is 0.410 e. The highest BCUT2D eigenvalue weighted by molar-refractivity contribution is 5.84. The third-order valence-corrected chi connectivity index (χ3v) is 3.19. The van der Waals surface area contributed by atoms with Gasteiger partial charge in [0.1, 0.15) is 18.9 Å². The van der Waals surface area contributed by atoms with Gasteiger partial charge in [0.05, 0.1) is 6.21 Å². The van der Waals surface area contributed by atoms with Crippen molar-refractivity contribution in [2.45, 2.75) is 6.61 Å². The molecule has 0 saturated carbocycles. The molecule has 0 saturated heterocycles. The second-order valence-electron chi connectivity index (χ2n) is 5.28. The van der Waals surface area contributed by atoms with Gasteiger partial charge in [0.15, 0.2) is 0 Å². The predicted octanol–water partition coefficient (Wildman–Crippen LogP) is 2.11. The van der Waals surface area contributed by atoms with E-state index < -0.39 is 12.0 Å². The summed E-state index contributed by atoms with van der Waals surface area (Å²) < 4.78 is 5.12. The van der Waals surface area contributed by atoms with Crippen molar-refractivity contribution >= 4 is 18.2 Å². The second-order valence-corrected chi connectivity index (χ2v) is 5.28. The van der Waals surface area contributed by atoms with E-state index in [0.29, 0.717) is 5.56 Å². The van der Waals surface area contributed by atoms with Crippen LogP contribution in [0.15, 0.2) is 59.7 Å². The number of hydrogen-bond acceptors (Lipinski definition) is 5. The summed E-state index contributed by atoms with van der Waals surface area (Å²) in [7, 11) is 1.47. The summed E-state index contributed by atoms with van der Waals surface area (Å²) in [5, 5.41) is 13.0. The average molecular weight is 341 g/mol. The quantitative estimate of drug-likeness (QED) is 0.622. The van der Waals surface area contributed by atoms with E-state index in [0.717, 1.165) is 10.5 Å². The Labute approximate surface area is 145 Å². The summed E-state index contributed by atoms with van der Waals surface area (Å²) in [6.45, 7) is -0.0365.